The van der Waals surface area contributed by atoms with E-state index in [1.807, 2.05) is 0 Å². The molecule has 0 aliphatic carbocycles. The predicted molar refractivity (Wildman–Crippen MR) is 118 cm³/mol. The molecular weight excluding hydrogens is 439 g/mol. The Labute approximate surface area is 189 Å². The highest BCUT2D eigenvalue weighted by atomic mass is 35.5. The lowest BCUT2D eigenvalue weighted by atomic mass is 9.96. The summed E-state index contributed by atoms with van der Waals surface area (Å²) in [6.07, 6.45) is 0.954. The van der Waals surface area contributed by atoms with Gasteiger partial charge < -0.3 is 26.0 Å². The van der Waals surface area contributed by atoms with E-state index in [1.54, 1.807) is 11.0 Å². The highest BCUT2D eigenvalue weighted by molar-refractivity contribution is 6.31. The molecule has 0 bridgehead atoms. The zero-order valence-electron chi connectivity index (χ0n) is 17.2. The highest BCUT2D eigenvalue weighted by Crippen LogP contribution is 2.28. The molecule has 3 rings (SSSR count). The van der Waals surface area contributed by atoms with Crippen molar-refractivity contribution in [2.45, 2.75) is 12.8 Å². The Morgan fingerprint density at radius 3 is 2.47 bits per heavy atom. The van der Waals surface area contributed by atoms with Crippen molar-refractivity contribution in [1.82, 2.24) is 15.5 Å². The number of nitrogens with zero attached hydrogens (tertiary/aromatic N) is 1. The van der Waals surface area contributed by atoms with Gasteiger partial charge in [0.05, 0.1) is 11.3 Å². The monoisotopic (exact) mass is 462 g/mol. The lowest BCUT2D eigenvalue weighted by molar-refractivity contribution is -0.121. The van der Waals surface area contributed by atoms with E-state index in [4.69, 9.17) is 11.6 Å². The van der Waals surface area contributed by atoms with Crippen molar-refractivity contribution < 1.29 is 23.9 Å². The molecule has 4 amide bonds. The van der Waals surface area contributed by atoms with E-state index in [0.29, 0.717) is 31.0 Å². The topological polar surface area (TPSA) is 111 Å². The minimum Gasteiger partial charge on any atom is -0.506 e. The largest absolute Gasteiger partial charge is 0.506 e. The standard InChI is InChI=1S/C22H24ClFN4O4/c23-15-5-6-19(29)18(13-15)27-20(30)14-7-11-28(12-8-14)22(32)26-10-9-25-21(31)16-3-1-2-4-17(16)24/h1-6,13-14,29H,7-12H2,(H,25,31)(H,26,32)(H,27,30). The first-order valence-corrected chi connectivity index (χ1v) is 10.6. The second-order valence-electron chi connectivity index (χ2n) is 7.38. The molecule has 2 aromatic rings. The molecule has 0 unspecified atom stereocenters. The van der Waals surface area contributed by atoms with Crippen molar-refractivity contribution in [2.75, 3.05) is 31.5 Å². The number of halogens is 2. The van der Waals surface area contributed by atoms with Crippen LogP contribution in [0.5, 0.6) is 5.75 Å². The summed E-state index contributed by atoms with van der Waals surface area (Å²) in [6, 6.07) is 9.77. The summed E-state index contributed by atoms with van der Waals surface area (Å²) in [6.45, 7) is 1.13. The second-order valence-corrected chi connectivity index (χ2v) is 7.82. The number of piperidine rings is 1. The van der Waals surface area contributed by atoms with E-state index >= 15 is 0 Å². The fourth-order valence-electron chi connectivity index (χ4n) is 3.39. The van der Waals surface area contributed by atoms with Crippen molar-refractivity contribution in [3.05, 3.63) is 58.9 Å². The molecule has 0 saturated carbocycles. The lowest BCUT2D eigenvalue weighted by Gasteiger charge is -2.31. The quantitative estimate of drug-likeness (QED) is 0.390. The van der Waals surface area contributed by atoms with Crippen molar-refractivity contribution >= 4 is 35.1 Å². The van der Waals surface area contributed by atoms with Crippen LogP contribution in [0.15, 0.2) is 42.5 Å². The highest BCUT2D eigenvalue weighted by Gasteiger charge is 2.27. The first-order valence-electron chi connectivity index (χ1n) is 10.2. The molecule has 0 spiro atoms. The van der Waals surface area contributed by atoms with E-state index in [-0.39, 0.29) is 47.9 Å². The van der Waals surface area contributed by atoms with Gasteiger partial charge >= 0.3 is 6.03 Å². The average Bonchev–Trinajstić information content (AvgIpc) is 2.79. The van der Waals surface area contributed by atoms with Crippen molar-refractivity contribution in [3.8, 4) is 5.75 Å². The van der Waals surface area contributed by atoms with Crippen LogP contribution in [0.25, 0.3) is 0 Å². The molecular formula is C22H24ClFN4O4. The Kier molecular flexibility index (Phi) is 7.88. The number of amides is 4. The number of carbonyl (C=O) groups excluding carboxylic acids is 3. The summed E-state index contributed by atoms with van der Waals surface area (Å²) in [5.74, 6) is -1.75. The van der Waals surface area contributed by atoms with Crippen LogP contribution in [-0.2, 0) is 4.79 Å². The number of urea groups is 1. The fraction of sp³-hybridized carbons (Fsp3) is 0.318. The van der Waals surface area contributed by atoms with Gasteiger partial charge in [-0.1, -0.05) is 23.7 Å². The molecule has 1 heterocycles. The molecule has 4 N–H and O–H groups in total. The summed E-state index contributed by atoms with van der Waals surface area (Å²) >= 11 is 5.89. The molecule has 2 aromatic carbocycles. The van der Waals surface area contributed by atoms with Crippen LogP contribution >= 0.6 is 11.6 Å². The van der Waals surface area contributed by atoms with E-state index in [0.717, 1.165) is 0 Å². The number of phenols is 1. The number of likely N-dealkylation sites (tertiary alicyclic amines) is 1. The number of carbonyl (C=O) groups is 3. The fourth-order valence-corrected chi connectivity index (χ4v) is 3.56. The van der Waals surface area contributed by atoms with Crippen LogP contribution in [0.1, 0.15) is 23.2 Å². The zero-order valence-corrected chi connectivity index (χ0v) is 18.0. The number of aromatic hydroxyl groups is 1. The Morgan fingerprint density at radius 1 is 1.06 bits per heavy atom. The van der Waals surface area contributed by atoms with Gasteiger partial charge in [-0.15, -0.1) is 0 Å². The van der Waals surface area contributed by atoms with Crippen LogP contribution in [0.3, 0.4) is 0 Å². The maximum atomic E-state index is 13.6. The molecule has 32 heavy (non-hydrogen) atoms. The molecule has 1 fully saturated rings. The summed E-state index contributed by atoms with van der Waals surface area (Å²) < 4.78 is 13.6. The molecule has 0 aromatic heterocycles. The van der Waals surface area contributed by atoms with E-state index in [9.17, 15) is 23.9 Å². The maximum absolute atomic E-state index is 13.6. The summed E-state index contributed by atoms with van der Waals surface area (Å²) in [5.41, 5.74) is 0.199. The molecule has 1 aliphatic rings. The van der Waals surface area contributed by atoms with Gasteiger partial charge in [0.2, 0.25) is 5.91 Å². The SMILES string of the molecule is O=C(NCCNC(=O)N1CCC(C(=O)Nc2cc(Cl)ccc2O)CC1)c1ccccc1F. The van der Waals surface area contributed by atoms with Gasteiger partial charge in [-0.3, -0.25) is 9.59 Å². The molecule has 1 saturated heterocycles. The summed E-state index contributed by atoms with van der Waals surface area (Å²) in [5, 5.41) is 18.2. The number of hydrogen-bond acceptors (Lipinski definition) is 4. The van der Waals surface area contributed by atoms with Crippen LogP contribution in [0, 0.1) is 11.7 Å². The van der Waals surface area contributed by atoms with E-state index in [1.165, 1.54) is 36.4 Å². The molecule has 0 atom stereocenters. The van der Waals surface area contributed by atoms with Gasteiger partial charge in [0.25, 0.3) is 5.91 Å². The third-order valence-electron chi connectivity index (χ3n) is 5.17. The van der Waals surface area contributed by atoms with Crippen LogP contribution in [-0.4, -0.2) is 54.0 Å². The maximum Gasteiger partial charge on any atom is 0.317 e. The van der Waals surface area contributed by atoms with Crippen molar-refractivity contribution in [2.24, 2.45) is 5.92 Å². The Bertz CT molecular complexity index is 996. The van der Waals surface area contributed by atoms with Gasteiger partial charge in [0, 0.05) is 37.1 Å². The van der Waals surface area contributed by atoms with Crippen LogP contribution in [0.4, 0.5) is 14.9 Å². The molecule has 10 heteroatoms. The third kappa shape index (κ3) is 6.10. The number of hydrogen-bond donors (Lipinski definition) is 4. The smallest absolute Gasteiger partial charge is 0.317 e. The van der Waals surface area contributed by atoms with Crippen molar-refractivity contribution in [1.29, 1.82) is 0 Å². The lowest BCUT2D eigenvalue weighted by Crippen LogP contribution is -2.47. The molecule has 0 radical (unpaired) electrons. The summed E-state index contributed by atoms with van der Waals surface area (Å²) in [7, 11) is 0. The number of rotatable bonds is 6. The average molecular weight is 463 g/mol. The van der Waals surface area contributed by atoms with Crippen LogP contribution in [0.2, 0.25) is 5.02 Å². The molecule has 1 aliphatic heterocycles. The minimum absolute atomic E-state index is 0.0507. The van der Waals surface area contributed by atoms with Gasteiger partial charge in [-0.05, 0) is 43.2 Å². The Balaban J connectivity index is 1.38. The Hall–Kier alpha value is -3.33. The van der Waals surface area contributed by atoms with Gasteiger partial charge in [-0.2, -0.15) is 0 Å². The number of anilines is 1. The predicted octanol–water partition coefficient (Wildman–Crippen LogP) is 2.97. The molecule has 170 valence electrons. The van der Waals surface area contributed by atoms with Gasteiger partial charge in [-0.25, -0.2) is 9.18 Å². The zero-order chi connectivity index (χ0) is 23.1. The molecule has 8 nitrogen and oxygen atoms in total. The van der Waals surface area contributed by atoms with Gasteiger partial charge in [0.15, 0.2) is 0 Å². The van der Waals surface area contributed by atoms with E-state index in [2.05, 4.69) is 16.0 Å². The Morgan fingerprint density at radius 2 is 1.75 bits per heavy atom. The summed E-state index contributed by atoms with van der Waals surface area (Å²) in [4.78, 5) is 38.3. The minimum atomic E-state index is -0.605. The second kappa shape index (κ2) is 10.8. The van der Waals surface area contributed by atoms with Gasteiger partial charge in [0.1, 0.15) is 11.6 Å². The first-order chi connectivity index (χ1) is 15.3. The first kappa shape index (κ1) is 23.3. The van der Waals surface area contributed by atoms with Crippen LogP contribution < -0.4 is 16.0 Å². The number of phenolic OH excluding ortho intramolecular Hbond substituents is 1. The van der Waals surface area contributed by atoms with Crippen molar-refractivity contribution in [3.63, 3.8) is 0 Å². The number of nitrogens with one attached hydrogen (secondary N) is 3. The third-order valence-corrected chi connectivity index (χ3v) is 5.41. The number of benzene rings is 2. The van der Waals surface area contributed by atoms with E-state index < -0.39 is 11.7 Å². The normalized spacial score (nSPS) is 14.0.